The maximum atomic E-state index is 12.9. The van der Waals surface area contributed by atoms with E-state index in [1.807, 2.05) is 4.90 Å². The van der Waals surface area contributed by atoms with Crippen molar-refractivity contribution < 1.29 is 14.5 Å². The summed E-state index contributed by atoms with van der Waals surface area (Å²) in [7, 11) is 0. The van der Waals surface area contributed by atoms with Crippen molar-refractivity contribution in [3.8, 4) is 0 Å². The van der Waals surface area contributed by atoms with Gasteiger partial charge in [-0.25, -0.2) is 0 Å². The smallest absolute Gasteiger partial charge is 0.270 e. The molecular weight excluding hydrogens is 410 g/mol. The molecule has 1 N–H and O–H groups in total. The maximum Gasteiger partial charge on any atom is 0.270 e. The van der Waals surface area contributed by atoms with E-state index in [0.717, 1.165) is 70.6 Å². The molecule has 9 heteroatoms. The summed E-state index contributed by atoms with van der Waals surface area (Å²) >= 11 is 0. The van der Waals surface area contributed by atoms with Gasteiger partial charge in [0.1, 0.15) is 0 Å². The lowest BCUT2D eigenvalue weighted by Gasteiger charge is -2.36. The first-order valence-corrected chi connectivity index (χ1v) is 11.9. The summed E-state index contributed by atoms with van der Waals surface area (Å²) < 4.78 is 0. The summed E-state index contributed by atoms with van der Waals surface area (Å²) in [4.78, 5) is 42.6. The van der Waals surface area contributed by atoms with Gasteiger partial charge in [0.2, 0.25) is 5.91 Å². The van der Waals surface area contributed by atoms with Gasteiger partial charge in [-0.3, -0.25) is 24.6 Å². The van der Waals surface area contributed by atoms with Gasteiger partial charge in [0.15, 0.2) is 0 Å². The maximum absolute atomic E-state index is 12.9. The van der Waals surface area contributed by atoms with E-state index in [1.165, 1.54) is 25.0 Å². The lowest BCUT2D eigenvalue weighted by Crippen LogP contribution is -2.51. The minimum Gasteiger partial charge on any atom is -0.371 e. The number of hydrogen-bond donors (Lipinski definition) is 1. The van der Waals surface area contributed by atoms with Crippen LogP contribution in [0.15, 0.2) is 18.2 Å². The summed E-state index contributed by atoms with van der Waals surface area (Å²) in [6.45, 7) is 6.00. The van der Waals surface area contributed by atoms with Crippen molar-refractivity contribution in [2.24, 2.45) is 5.92 Å². The first-order chi connectivity index (χ1) is 15.5. The van der Waals surface area contributed by atoms with Gasteiger partial charge in [-0.05, 0) is 31.7 Å². The van der Waals surface area contributed by atoms with Crippen molar-refractivity contribution in [2.75, 3.05) is 57.3 Å². The van der Waals surface area contributed by atoms with Gasteiger partial charge < -0.3 is 15.1 Å². The van der Waals surface area contributed by atoms with E-state index in [-0.39, 0.29) is 17.5 Å². The van der Waals surface area contributed by atoms with Gasteiger partial charge in [-0.15, -0.1) is 0 Å². The number of carbonyl (C=O) groups is 2. The molecule has 32 heavy (non-hydrogen) atoms. The molecule has 2 amide bonds. The van der Waals surface area contributed by atoms with Crippen LogP contribution in [0.1, 0.15) is 48.9 Å². The molecule has 0 bridgehead atoms. The molecule has 0 spiro atoms. The first kappa shape index (κ1) is 22.5. The molecule has 1 aromatic carbocycles. The Kier molecular flexibility index (Phi) is 7.24. The molecule has 2 heterocycles. The second-order valence-electron chi connectivity index (χ2n) is 9.06. The number of carbonyl (C=O) groups excluding carboxylic acids is 2. The highest BCUT2D eigenvalue weighted by molar-refractivity contribution is 6.00. The van der Waals surface area contributed by atoms with Crippen LogP contribution < -0.4 is 10.2 Å². The summed E-state index contributed by atoms with van der Waals surface area (Å²) in [5.74, 6) is 0.266. The first-order valence-electron chi connectivity index (χ1n) is 11.9. The van der Waals surface area contributed by atoms with Crippen molar-refractivity contribution in [3.63, 3.8) is 0 Å². The molecule has 0 aromatic heterocycles. The Morgan fingerprint density at radius 1 is 1.00 bits per heavy atom. The second kappa shape index (κ2) is 10.3. The fourth-order valence-corrected chi connectivity index (χ4v) is 5.10. The Hall–Kier alpha value is -2.68. The van der Waals surface area contributed by atoms with Gasteiger partial charge in [0, 0.05) is 70.4 Å². The lowest BCUT2D eigenvalue weighted by atomic mass is 10.1. The van der Waals surface area contributed by atoms with Gasteiger partial charge in [0.05, 0.1) is 16.2 Å². The van der Waals surface area contributed by atoms with Crippen LogP contribution in [0.5, 0.6) is 0 Å². The second-order valence-corrected chi connectivity index (χ2v) is 9.06. The highest BCUT2D eigenvalue weighted by Crippen LogP contribution is 2.29. The number of rotatable bonds is 7. The van der Waals surface area contributed by atoms with Crippen LogP contribution in [0.3, 0.4) is 0 Å². The van der Waals surface area contributed by atoms with Crippen molar-refractivity contribution in [1.82, 2.24) is 15.1 Å². The molecule has 174 valence electrons. The number of amides is 2. The van der Waals surface area contributed by atoms with Crippen molar-refractivity contribution in [2.45, 2.75) is 38.5 Å². The Morgan fingerprint density at radius 2 is 1.69 bits per heavy atom. The third-order valence-corrected chi connectivity index (χ3v) is 6.98. The largest absolute Gasteiger partial charge is 0.371 e. The highest BCUT2D eigenvalue weighted by atomic mass is 16.6. The van der Waals surface area contributed by atoms with E-state index in [4.69, 9.17) is 0 Å². The summed E-state index contributed by atoms with van der Waals surface area (Å²) in [6.07, 6.45) is 6.52. The van der Waals surface area contributed by atoms with Crippen LogP contribution in [0.25, 0.3) is 0 Å². The summed E-state index contributed by atoms with van der Waals surface area (Å²) in [6, 6.07) is 4.55. The van der Waals surface area contributed by atoms with Gasteiger partial charge in [0.25, 0.3) is 11.6 Å². The molecule has 3 aliphatic rings. The van der Waals surface area contributed by atoms with Crippen molar-refractivity contribution in [3.05, 3.63) is 33.9 Å². The molecule has 1 aliphatic carbocycles. The van der Waals surface area contributed by atoms with Crippen LogP contribution >= 0.6 is 0 Å². The Morgan fingerprint density at radius 3 is 2.34 bits per heavy atom. The van der Waals surface area contributed by atoms with E-state index < -0.39 is 4.92 Å². The molecule has 1 saturated carbocycles. The van der Waals surface area contributed by atoms with E-state index in [2.05, 4.69) is 15.1 Å². The topological polar surface area (TPSA) is 99.0 Å². The number of anilines is 1. The number of benzene rings is 1. The molecule has 0 radical (unpaired) electrons. The zero-order chi connectivity index (χ0) is 22.5. The van der Waals surface area contributed by atoms with Crippen LogP contribution in [-0.4, -0.2) is 78.9 Å². The molecular formula is C23H33N5O4. The van der Waals surface area contributed by atoms with Crippen LogP contribution in [0.4, 0.5) is 11.4 Å². The Balaban J connectivity index is 1.28. The minimum atomic E-state index is -0.461. The molecule has 1 aromatic rings. The van der Waals surface area contributed by atoms with E-state index in [9.17, 15) is 19.7 Å². The average Bonchev–Trinajstić information content (AvgIpc) is 3.53. The molecule has 4 rings (SSSR count). The van der Waals surface area contributed by atoms with Crippen LogP contribution in [0.2, 0.25) is 0 Å². The van der Waals surface area contributed by atoms with Crippen molar-refractivity contribution >= 4 is 23.2 Å². The number of non-ortho nitro benzene ring substituents is 1. The average molecular weight is 444 g/mol. The fraction of sp³-hybridized carbons (Fsp3) is 0.652. The van der Waals surface area contributed by atoms with Crippen LogP contribution in [-0.2, 0) is 4.79 Å². The molecule has 9 nitrogen and oxygen atoms in total. The number of nitro groups is 1. The van der Waals surface area contributed by atoms with Gasteiger partial charge in [-0.1, -0.05) is 12.8 Å². The molecule has 0 unspecified atom stereocenters. The minimum absolute atomic E-state index is 0.0684. The van der Waals surface area contributed by atoms with Gasteiger partial charge >= 0.3 is 0 Å². The summed E-state index contributed by atoms with van der Waals surface area (Å²) in [5, 5.41) is 14.2. The third-order valence-electron chi connectivity index (χ3n) is 6.98. The van der Waals surface area contributed by atoms with E-state index >= 15 is 0 Å². The fourth-order valence-electron chi connectivity index (χ4n) is 5.10. The quantitative estimate of drug-likeness (QED) is 0.513. The van der Waals surface area contributed by atoms with Gasteiger partial charge in [-0.2, -0.15) is 0 Å². The molecule has 3 fully saturated rings. The Bertz CT molecular complexity index is 841. The third kappa shape index (κ3) is 5.20. The zero-order valence-electron chi connectivity index (χ0n) is 18.6. The summed E-state index contributed by atoms with van der Waals surface area (Å²) in [5.41, 5.74) is 1.07. The molecule has 2 aliphatic heterocycles. The standard InChI is InChI=1S/C23H33N5O4/c29-22(20-17-19(28(31)32)7-8-21(20)26-10-3-4-11-26)24-9-12-25-13-15-27(16-14-25)23(30)18-5-1-2-6-18/h7-8,17-18H,1-6,9-16H2,(H,24,29). The number of nitro benzene ring substituents is 1. The normalized spacial score (nSPS) is 20.0. The molecule has 0 atom stereocenters. The monoisotopic (exact) mass is 443 g/mol. The number of piperazine rings is 1. The molecule has 2 saturated heterocycles. The predicted molar refractivity (Wildman–Crippen MR) is 122 cm³/mol. The number of nitrogens with zero attached hydrogens (tertiary/aromatic N) is 4. The number of nitrogens with one attached hydrogen (secondary N) is 1. The predicted octanol–water partition coefficient (Wildman–Crippen LogP) is 2.26. The van der Waals surface area contributed by atoms with E-state index in [0.29, 0.717) is 24.6 Å². The van der Waals surface area contributed by atoms with Crippen molar-refractivity contribution in [1.29, 1.82) is 0 Å². The SMILES string of the molecule is O=C(NCCN1CCN(C(=O)C2CCCC2)CC1)c1cc([N+](=O)[O-])ccc1N1CCCC1. The lowest BCUT2D eigenvalue weighted by molar-refractivity contribution is -0.384. The number of hydrogen-bond acceptors (Lipinski definition) is 6. The zero-order valence-corrected chi connectivity index (χ0v) is 18.6. The van der Waals surface area contributed by atoms with Crippen LogP contribution in [0, 0.1) is 16.0 Å². The highest BCUT2D eigenvalue weighted by Gasteiger charge is 2.29. The Labute approximate surface area is 188 Å². The van der Waals surface area contributed by atoms with E-state index in [1.54, 1.807) is 6.07 Å².